The summed E-state index contributed by atoms with van der Waals surface area (Å²) in [5, 5.41) is 5.94. The first kappa shape index (κ1) is 18.1. The molecule has 0 spiro atoms. The van der Waals surface area contributed by atoms with Crippen LogP contribution in [-0.2, 0) is 4.74 Å². The lowest BCUT2D eigenvalue weighted by Crippen LogP contribution is -2.12. The highest BCUT2D eigenvalue weighted by atomic mass is 16.5. The van der Waals surface area contributed by atoms with Crippen molar-refractivity contribution in [3.8, 4) is 0 Å². The summed E-state index contributed by atoms with van der Waals surface area (Å²) in [5.74, 6) is -0.678. The number of rotatable bonds is 6. The van der Waals surface area contributed by atoms with E-state index in [1.54, 1.807) is 37.4 Å². The zero-order chi connectivity index (χ0) is 19.1. The number of benzene rings is 2. The number of para-hydroxylation sites is 2. The van der Waals surface area contributed by atoms with Gasteiger partial charge in [0.25, 0.3) is 5.91 Å². The Morgan fingerprint density at radius 3 is 2.48 bits per heavy atom. The summed E-state index contributed by atoms with van der Waals surface area (Å²) >= 11 is 0. The lowest BCUT2D eigenvalue weighted by molar-refractivity contribution is 0.0527. The van der Waals surface area contributed by atoms with Crippen molar-refractivity contribution in [3.63, 3.8) is 0 Å². The van der Waals surface area contributed by atoms with Crippen LogP contribution in [0, 0.1) is 0 Å². The zero-order valence-electron chi connectivity index (χ0n) is 14.8. The minimum absolute atomic E-state index is 0.268. The van der Waals surface area contributed by atoms with Crippen molar-refractivity contribution >= 4 is 28.9 Å². The Morgan fingerprint density at radius 1 is 0.963 bits per heavy atom. The molecule has 1 amide bonds. The van der Waals surface area contributed by atoms with Gasteiger partial charge in [0.2, 0.25) is 0 Å². The predicted molar refractivity (Wildman–Crippen MR) is 104 cm³/mol. The van der Waals surface area contributed by atoms with Gasteiger partial charge in [0, 0.05) is 11.9 Å². The molecule has 0 aliphatic heterocycles. The second-order valence-corrected chi connectivity index (χ2v) is 5.67. The van der Waals surface area contributed by atoms with Crippen LogP contribution in [0.15, 0.2) is 73.1 Å². The van der Waals surface area contributed by atoms with Crippen LogP contribution in [0.2, 0.25) is 0 Å². The van der Waals surface area contributed by atoms with E-state index in [-0.39, 0.29) is 5.91 Å². The molecule has 0 saturated carbocycles. The summed E-state index contributed by atoms with van der Waals surface area (Å²) in [4.78, 5) is 28.6. The first-order valence-electron chi connectivity index (χ1n) is 8.52. The highest BCUT2D eigenvalue weighted by Crippen LogP contribution is 2.22. The van der Waals surface area contributed by atoms with Crippen molar-refractivity contribution in [2.24, 2.45) is 0 Å². The van der Waals surface area contributed by atoms with Gasteiger partial charge in [-0.25, -0.2) is 4.79 Å². The zero-order valence-corrected chi connectivity index (χ0v) is 14.8. The van der Waals surface area contributed by atoms with Crippen molar-refractivity contribution < 1.29 is 14.3 Å². The largest absolute Gasteiger partial charge is 0.462 e. The summed E-state index contributed by atoms with van der Waals surface area (Å²) in [6, 6.07) is 17.9. The van der Waals surface area contributed by atoms with Crippen LogP contribution < -0.4 is 10.6 Å². The van der Waals surface area contributed by atoms with Gasteiger partial charge in [0.1, 0.15) is 0 Å². The van der Waals surface area contributed by atoms with Crippen molar-refractivity contribution in [2.45, 2.75) is 6.92 Å². The number of hydrogen-bond acceptors (Lipinski definition) is 5. The van der Waals surface area contributed by atoms with E-state index in [4.69, 9.17) is 4.74 Å². The third kappa shape index (κ3) is 4.70. The minimum atomic E-state index is -0.411. The normalized spacial score (nSPS) is 10.1. The van der Waals surface area contributed by atoms with Crippen LogP contribution >= 0.6 is 0 Å². The van der Waals surface area contributed by atoms with Gasteiger partial charge in [0.05, 0.1) is 35.3 Å². The third-order valence-electron chi connectivity index (χ3n) is 3.73. The molecule has 1 heterocycles. The number of esters is 1. The first-order valence-corrected chi connectivity index (χ1v) is 8.52. The van der Waals surface area contributed by atoms with E-state index in [1.165, 1.54) is 6.20 Å². The van der Waals surface area contributed by atoms with Crippen LogP contribution in [0.4, 0.5) is 17.1 Å². The number of ether oxygens (including phenoxy) is 1. The molecule has 2 aromatic carbocycles. The van der Waals surface area contributed by atoms with E-state index < -0.39 is 5.97 Å². The van der Waals surface area contributed by atoms with E-state index in [9.17, 15) is 9.59 Å². The SMILES string of the molecule is CCOC(=O)c1ccccc1Nc1cncc(C(=O)Nc2ccccc2)c1. The van der Waals surface area contributed by atoms with Crippen molar-refractivity contribution in [1.29, 1.82) is 0 Å². The molecule has 3 rings (SSSR count). The summed E-state index contributed by atoms with van der Waals surface area (Å²) in [6.45, 7) is 2.05. The maximum absolute atomic E-state index is 12.4. The molecule has 0 fully saturated rings. The van der Waals surface area contributed by atoms with Crippen LogP contribution in [0.25, 0.3) is 0 Å². The van der Waals surface area contributed by atoms with E-state index in [1.807, 2.05) is 36.4 Å². The molecule has 6 heteroatoms. The van der Waals surface area contributed by atoms with Crippen molar-refractivity contribution in [3.05, 3.63) is 84.2 Å². The second-order valence-electron chi connectivity index (χ2n) is 5.67. The summed E-state index contributed by atoms with van der Waals surface area (Å²) in [6.07, 6.45) is 3.07. The first-order chi connectivity index (χ1) is 13.2. The molecule has 0 radical (unpaired) electrons. The Bertz CT molecular complexity index is 942. The Labute approximate surface area is 157 Å². The highest BCUT2D eigenvalue weighted by molar-refractivity contribution is 6.04. The van der Waals surface area contributed by atoms with E-state index in [2.05, 4.69) is 15.6 Å². The molecular formula is C21H19N3O3. The summed E-state index contributed by atoms with van der Waals surface area (Å²) in [5.41, 5.74) is 2.69. The Morgan fingerprint density at radius 2 is 1.70 bits per heavy atom. The number of anilines is 3. The van der Waals surface area contributed by atoms with Gasteiger partial charge in [-0.05, 0) is 37.3 Å². The number of carbonyl (C=O) groups excluding carboxylic acids is 2. The molecular weight excluding hydrogens is 342 g/mol. The van der Waals surface area contributed by atoms with Crippen molar-refractivity contribution in [2.75, 3.05) is 17.2 Å². The van der Waals surface area contributed by atoms with E-state index in [0.29, 0.717) is 34.8 Å². The molecule has 136 valence electrons. The Hall–Kier alpha value is -3.67. The number of carbonyl (C=O) groups is 2. The number of nitrogens with one attached hydrogen (secondary N) is 2. The van der Waals surface area contributed by atoms with Crippen molar-refractivity contribution in [1.82, 2.24) is 4.98 Å². The fraction of sp³-hybridized carbons (Fsp3) is 0.0952. The van der Waals surface area contributed by atoms with Gasteiger partial charge in [0.15, 0.2) is 0 Å². The van der Waals surface area contributed by atoms with Crippen LogP contribution in [0.1, 0.15) is 27.6 Å². The maximum atomic E-state index is 12.4. The topological polar surface area (TPSA) is 80.3 Å². The standard InChI is InChI=1S/C21H19N3O3/c1-2-27-21(26)18-10-6-7-11-19(18)23-17-12-15(13-22-14-17)20(25)24-16-8-4-3-5-9-16/h3-14,23H,2H2,1H3,(H,24,25). The average molecular weight is 361 g/mol. The third-order valence-corrected chi connectivity index (χ3v) is 3.73. The van der Waals surface area contributed by atoms with Gasteiger partial charge < -0.3 is 15.4 Å². The van der Waals surface area contributed by atoms with Gasteiger partial charge in [-0.15, -0.1) is 0 Å². The summed E-state index contributed by atoms with van der Waals surface area (Å²) < 4.78 is 5.08. The lowest BCUT2D eigenvalue weighted by Gasteiger charge is -2.12. The molecule has 3 aromatic rings. The highest BCUT2D eigenvalue weighted by Gasteiger charge is 2.13. The lowest BCUT2D eigenvalue weighted by atomic mass is 10.1. The molecule has 6 nitrogen and oxygen atoms in total. The average Bonchev–Trinajstić information content (AvgIpc) is 2.69. The quantitative estimate of drug-likeness (QED) is 0.642. The molecule has 0 saturated heterocycles. The Kier molecular flexibility index (Phi) is 5.79. The monoisotopic (exact) mass is 361 g/mol. The molecule has 27 heavy (non-hydrogen) atoms. The molecule has 0 unspecified atom stereocenters. The molecule has 2 N–H and O–H groups in total. The van der Waals surface area contributed by atoms with Crippen LogP contribution in [0.3, 0.4) is 0 Å². The second kappa shape index (κ2) is 8.62. The number of pyridine rings is 1. The fourth-order valence-electron chi connectivity index (χ4n) is 2.49. The van der Waals surface area contributed by atoms with Gasteiger partial charge >= 0.3 is 5.97 Å². The number of nitrogens with zero attached hydrogens (tertiary/aromatic N) is 1. The molecule has 0 aliphatic carbocycles. The predicted octanol–water partition coefficient (Wildman–Crippen LogP) is 4.25. The van der Waals surface area contributed by atoms with Gasteiger partial charge in [-0.3, -0.25) is 9.78 Å². The smallest absolute Gasteiger partial charge is 0.340 e. The summed E-state index contributed by atoms with van der Waals surface area (Å²) in [7, 11) is 0. The number of aromatic nitrogens is 1. The van der Waals surface area contributed by atoms with E-state index >= 15 is 0 Å². The minimum Gasteiger partial charge on any atom is -0.462 e. The fourth-order valence-corrected chi connectivity index (χ4v) is 2.49. The van der Waals surface area contributed by atoms with Gasteiger partial charge in [-0.2, -0.15) is 0 Å². The van der Waals surface area contributed by atoms with Crippen LogP contribution in [-0.4, -0.2) is 23.5 Å². The number of amides is 1. The molecule has 0 bridgehead atoms. The number of hydrogen-bond donors (Lipinski definition) is 2. The Balaban J connectivity index is 1.79. The molecule has 1 aromatic heterocycles. The van der Waals surface area contributed by atoms with Crippen LogP contribution in [0.5, 0.6) is 0 Å². The van der Waals surface area contributed by atoms with E-state index in [0.717, 1.165) is 0 Å². The molecule has 0 atom stereocenters. The molecule has 0 aliphatic rings. The maximum Gasteiger partial charge on any atom is 0.340 e. The van der Waals surface area contributed by atoms with Gasteiger partial charge in [-0.1, -0.05) is 30.3 Å².